The van der Waals surface area contributed by atoms with E-state index in [2.05, 4.69) is 5.16 Å². The number of carbonyl (C=O) groups is 1. The number of ether oxygens (including phenoxy) is 2. The van der Waals surface area contributed by atoms with Crippen LogP contribution in [0.4, 0.5) is 0 Å². The van der Waals surface area contributed by atoms with Crippen LogP contribution in [0.5, 0.6) is 0 Å². The Balaban J connectivity index is 1.46. The molecule has 2 aromatic rings. The highest BCUT2D eigenvalue weighted by molar-refractivity contribution is 6.30. The van der Waals surface area contributed by atoms with Crippen LogP contribution in [0.3, 0.4) is 0 Å². The van der Waals surface area contributed by atoms with Gasteiger partial charge in [-0.15, -0.1) is 0 Å². The molecule has 0 radical (unpaired) electrons. The van der Waals surface area contributed by atoms with E-state index in [4.69, 9.17) is 25.6 Å². The molecule has 24 heavy (non-hydrogen) atoms. The van der Waals surface area contributed by atoms with E-state index < -0.39 is 5.79 Å². The van der Waals surface area contributed by atoms with E-state index >= 15 is 0 Å². The van der Waals surface area contributed by atoms with Crippen molar-refractivity contribution in [3.8, 4) is 11.3 Å². The lowest BCUT2D eigenvalue weighted by molar-refractivity contribution is -0.181. The number of carbonyl (C=O) groups excluding carboxylic acids is 1. The minimum atomic E-state index is -0.496. The van der Waals surface area contributed by atoms with Crippen LogP contribution in [0.25, 0.3) is 11.3 Å². The zero-order valence-corrected chi connectivity index (χ0v) is 13.8. The van der Waals surface area contributed by atoms with Crippen molar-refractivity contribution < 1.29 is 18.8 Å². The molecule has 3 heterocycles. The van der Waals surface area contributed by atoms with Crippen LogP contribution in [0.2, 0.25) is 5.02 Å². The van der Waals surface area contributed by atoms with Gasteiger partial charge in [0.25, 0.3) is 5.91 Å². The van der Waals surface area contributed by atoms with Gasteiger partial charge in [-0.2, -0.15) is 0 Å². The Morgan fingerprint density at radius 3 is 2.62 bits per heavy atom. The highest BCUT2D eigenvalue weighted by Crippen LogP contribution is 2.32. The van der Waals surface area contributed by atoms with Gasteiger partial charge in [0.1, 0.15) is 5.69 Å². The lowest BCUT2D eigenvalue weighted by atomic mass is 10.0. The van der Waals surface area contributed by atoms with Crippen LogP contribution in [0.1, 0.15) is 23.4 Å². The second kappa shape index (κ2) is 6.20. The van der Waals surface area contributed by atoms with Gasteiger partial charge in [-0.25, -0.2) is 0 Å². The molecule has 1 aromatic heterocycles. The van der Waals surface area contributed by atoms with Crippen LogP contribution in [0, 0.1) is 0 Å². The third-order valence-electron chi connectivity index (χ3n) is 4.47. The van der Waals surface area contributed by atoms with Gasteiger partial charge in [-0.05, 0) is 12.1 Å². The number of likely N-dealkylation sites (tertiary alicyclic amines) is 1. The van der Waals surface area contributed by atoms with E-state index in [9.17, 15) is 4.79 Å². The van der Waals surface area contributed by atoms with Crippen molar-refractivity contribution in [3.05, 3.63) is 41.1 Å². The summed E-state index contributed by atoms with van der Waals surface area (Å²) in [6.45, 7) is 2.40. The summed E-state index contributed by atoms with van der Waals surface area (Å²) in [5.74, 6) is -0.428. The molecule has 1 aromatic carbocycles. The minimum absolute atomic E-state index is 0.163. The Morgan fingerprint density at radius 2 is 1.92 bits per heavy atom. The summed E-state index contributed by atoms with van der Waals surface area (Å²) in [6.07, 6.45) is 1.35. The second-order valence-corrected chi connectivity index (χ2v) is 6.42. The average Bonchev–Trinajstić information content (AvgIpc) is 3.25. The van der Waals surface area contributed by atoms with Crippen molar-refractivity contribution in [3.63, 3.8) is 0 Å². The number of amides is 1. The fraction of sp³-hybridized carbons (Fsp3) is 0.412. The van der Waals surface area contributed by atoms with E-state index in [1.165, 1.54) is 0 Å². The Labute approximate surface area is 144 Å². The second-order valence-electron chi connectivity index (χ2n) is 5.99. The van der Waals surface area contributed by atoms with Crippen molar-refractivity contribution in [1.82, 2.24) is 10.1 Å². The molecule has 2 fully saturated rings. The molecule has 1 spiro atoms. The molecule has 4 rings (SSSR count). The highest BCUT2D eigenvalue weighted by atomic mass is 35.5. The number of benzene rings is 1. The summed E-state index contributed by atoms with van der Waals surface area (Å²) < 4.78 is 16.6. The topological polar surface area (TPSA) is 64.8 Å². The number of hydrogen-bond acceptors (Lipinski definition) is 5. The van der Waals surface area contributed by atoms with Crippen molar-refractivity contribution in [2.45, 2.75) is 18.6 Å². The summed E-state index contributed by atoms with van der Waals surface area (Å²) in [5, 5.41) is 4.60. The van der Waals surface area contributed by atoms with Crippen molar-refractivity contribution >= 4 is 17.5 Å². The van der Waals surface area contributed by atoms with Crippen LogP contribution >= 0.6 is 11.6 Å². The summed E-state index contributed by atoms with van der Waals surface area (Å²) in [7, 11) is 0. The van der Waals surface area contributed by atoms with Crippen LogP contribution < -0.4 is 0 Å². The normalized spacial score (nSPS) is 19.8. The van der Waals surface area contributed by atoms with Gasteiger partial charge in [-0.3, -0.25) is 4.79 Å². The fourth-order valence-electron chi connectivity index (χ4n) is 3.15. The third-order valence-corrected chi connectivity index (χ3v) is 4.70. The molecule has 0 N–H and O–H groups in total. The largest absolute Gasteiger partial charge is 0.350 e. The van der Waals surface area contributed by atoms with Crippen molar-refractivity contribution in [2.75, 3.05) is 26.3 Å². The summed E-state index contributed by atoms with van der Waals surface area (Å²) in [4.78, 5) is 14.3. The maximum Gasteiger partial charge on any atom is 0.292 e. The zero-order valence-electron chi connectivity index (χ0n) is 13.0. The Kier molecular flexibility index (Phi) is 4.04. The molecule has 0 atom stereocenters. The predicted molar refractivity (Wildman–Crippen MR) is 86.7 cm³/mol. The first-order valence-corrected chi connectivity index (χ1v) is 8.33. The van der Waals surface area contributed by atoms with E-state index in [0.717, 1.165) is 5.56 Å². The molecule has 6 nitrogen and oxygen atoms in total. The molecule has 0 bridgehead atoms. The molecule has 0 saturated carbocycles. The maximum atomic E-state index is 12.6. The molecule has 1 amide bonds. The lowest BCUT2D eigenvalue weighted by Crippen LogP contribution is -2.47. The minimum Gasteiger partial charge on any atom is -0.350 e. The molecule has 0 aliphatic carbocycles. The Bertz CT molecular complexity index is 745. The molecule has 0 unspecified atom stereocenters. The molecule has 7 heteroatoms. The number of halogens is 1. The molecule has 2 saturated heterocycles. The van der Waals surface area contributed by atoms with Gasteiger partial charge in [0, 0.05) is 42.6 Å². The van der Waals surface area contributed by atoms with Gasteiger partial charge in [0.15, 0.2) is 5.79 Å². The lowest BCUT2D eigenvalue weighted by Gasteiger charge is -2.37. The standard InChI is InChI=1S/C17H17ClN2O4/c18-13-3-1-2-12(10-13)14-11-15(24-19-14)16(21)20-6-4-17(5-7-20)22-8-9-23-17/h1-3,10-11H,4-9H2. The first-order valence-electron chi connectivity index (χ1n) is 7.95. The number of hydrogen-bond donors (Lipinski definition) is 0. The van der Waals surface area contributed by atoms with Crippen LogP contribution in [0.15, 0.2) is 34.9 Å². The smallest absolute Gasteiger partial charge is 0.292 e. The Hall–Kier alpha value is -1.89. The van der Waals surface area contributed by atoms with Crippen molar-refractivity contribution in [1.29, 1.82) is 0 Å². The number of piperidine rings is 1. The van der Waals surface area contributed by atoms with Crippen molar-refractivity contribution in [2.24, 2.45) is 0 Å². The van der Waals surface area contributed by atoms with Gasteiger partial charge < -0.3 is 18.9 Å². The van der Waals surface area contributed by atoms with Gasteiger partial charge >= 0.3 is 0 Å². The molecule has 2 aliphatic rings. The van der Waals surface area contributed by atoms with E-state index in [0.29, 0.717) is 49.9 Å². The molecule has 126 valence electrons. The molecular weight excluding hydrogens is 332 g/mol. The van der Waals surface area contributed by atoms with Crippen LogP contribution in [-0.4, -0.2) is 48.1 Å². The Morgan fingerprint density at radius 1 is 1.17 bits per heavy atom. The fourth-order valence-corrected chi connectivity index (χ4v) is 3.34. The average molecular weight is 349 g/mol. The number of rotatable bonds is 2. The highest BCUT2D eigenvalue weighted by Gasteiger charge is 2.41. The SMILES string of the molecule is O=C(c1cc(-c2cccc(Cl)c2)no1)N1CCC2(CC1)OCCO2. The number of aromatic nitrogens is 1. The first-order chi connectivity index (χ1) is 11.7. The van der Waals surface area contributed by atoms with Crippen LogP contribution in [-0.2, 0) is 9.47 Å². The third kappa shape index (κ3) is 2.92. The van der Waals surface area contributed by atoms with Gasteiger partial charge in [0.05, 0.1) is 13.2 Å². The maximum absolute atomic E-state index is 12.6. The summed E-state index contributed by atoms with van der Waals surface area (Å²) in [6, 6.07) is 8.93. The zero-order chi connectivity index (χ0) is 16.6. The quantitative estimate of drug-likeness (QED) is 0.834. The van der Waals surface area contributed by atoms with E-state index in [1.807, 2.05) is 12.1 Å². The molecular formula is C17H17ClN2O4. The summed E-state index contributed by atoms with van der Waals surface area (Å²) >= 11 is 5.99. The summed E-state index contributed by atoms with van der Waals surface area (Å²) in [5.41, 5.74) is 1.41. The van der Waals surface area contributed by atoms with Gasteiger partial charge in [-0.1, -0.05) is 28.9 Å². The first kappa shape index (κ1) is 15.6. The predicted octanol–water partition coefficient (Wildman–Crippen LogP) is 2.97. The number of nitrogens with zero attached hydrogens (tertiary/aromatic N) is 2. The molecule has 2 aliphatic heterocycles. The monoisotopic (exact) mass is 348 g/mol. The van der Waals surface area contributed by atoms with E-state index in [-0.39, 0.29) is 11.7 Å². The van der Waals surface area contributed by atoms with E-state index in [1.54, 1.807) is 23.1 Å². The van der Waals surface area contributed by atoms with Gasteiger partial charge in [0.2, 0.25) is 5.76 Å².